The van der Waals surface area contributed by atoms with E-state index in [2.05, 4.69) is 23.3 Å². The standard InChI is InChI=1S/C23H17N3O3S/c1-15-5-11-20-21(13-15)30-23(25-20)17-7-9-18(10-8-17)24-22(27)12-6-16-3-2-4-19(14-16)26(28)29/h2-14H,1H3,(H,24,27). The van der Waals surface area contributed by atoms with Gasteiger partial charge in [-0.2, -0.15) is 0 Å². The quantitative estimate of drug-likeness (QED) is 0.252. The van der Waals surface area contributed by atoms with Crippen molar-refractivity contribution in [2.75, 3.05) is 5.32 Å². The van der Waals surface area contributed by atoms with Crippen molar-refractivity contribution in [3.8, 4) is 10.6 Å². The van der Waals surface area contributed by atoms with Gasteiger partial charge in [0.1, 0.15) is 5.01 Å². The third-order valence-corrected chi connectivity index (χ3v) is 5.52. The van der Waals surface area contributed by atoms with E-state index in [1.807, 2.05) is 36.4 Å². The van der Waals surface area contributed by atoms with Crippen molar-refractivity contribution in [3.05, 3.63) is 94.0 Å². The SMILES string of the molecule is Cc1ccc2nc(-c3ccc(NC(=O)C=Cc4cccc([N+](=O)[O-])c4)cc3)sc2c1. The van der Waals surface area contributed by atoms with Crippen LogP contribution in [0.25, 0.3) is 26.9 Å². The van der Waals surface area contributed by atoms with Crippen LogP contribution in [0.2, 0.25) is 0 Å². The Kier molecular flexibility index (Phi) is 5.36. The fraction of sp³-hybridized carbons (Fsp3) is 0.0435. The Balaban J connectivity index is 1.44. The van der Waals surface area contributed by atoms with Crippen LogP contribution in [0, 0.1) is 17.0 Å². The van der Waals surface area contributed by atoms with E-state index in [0.717, 1.165) is 20.8 Å². The highest BCUT2D eigenvalue weighted by molar-refractivity contribution is 7.21. The summed E-state index contributed by atoms with van der Waals surface area (Å²) in [5, 5.41) is 14.5. The van der Waals surface area contributed by atoms with Crippen LogP contribution in [0.4, 0.5) is 11.4 Å². The Labute approximate surface area is 176 Å². The van der Waals surface area contributed by atoms with Crippen LogP contribution < -0.4 is 5.32 Å². The molecule has 0 unspecified atom stereocenters. The maximum absolute atomic E-state index is 12.2. The molecule has 0 saturated carbocycles. The second kappa shape index (κ2) is 8.26. The van der Waals surface area contributed by atoms with Crippen LogP contribution in [0.1, 0.15) is 11.1 Å². The molecule has 30 heavy (non-hydrogen) atoms. The van der Waals surface area contributed by atoms with E-state index in [0.29, 0.717) is 11.3 Å². The first-order chi connectivity index (χ1) is 14.5. The number of nitro groups is 1. The summed E-state index contributed by atoms with van der Waals surface area (Å²) in [6, 6.07) is 19.8. The predicted octanol–water partition coefficient (Wildman–Crippen LogP) is 5.83. The van der Waals surface area contributed by atoms with Gasteiger partial charge in [-0.05, 0) is 60.5 Å². The highest BCUT2D eigenvalue weighted by atomic mass is 32.1. The first-order valence-corrected chi connectivity index (χ1v) is 10.0. The molecule has 0 fully saturated rings. The number of amides is 1. The maximum Gasteiger partial charge on any atom is 0.270 e. The molecule has 0 saturated heterocycles. The summed E-state index contributed by atoms with van der Waals surface area (Å²) in [6.45, 7) is 2.06. The zero-order chi connectivity index (χ0) is 21.1. The van der Waals surface area contributed by atoms with Crippen molar-refractivity contribution in [3.63, 3.8) is 0 Å². The molecular weight excluding hydrogens is 398 g/mol. The van der Waals surface area contributed by atoms with E-state index < -0.39 is 4.92 Å². The first kappa shape index (κ1) is 19.5. The summed E-state index contributed by atoms with van der Waals surface area (Å²) >= 11 is 1.64. The molecule has 4 rings (SSSR count). The van der Waals surface area contributed by atoms with Crippen LogP contribution in [-0.2, 0) is 4.79 Å². The van der Waals surface area contributed by atoms with Crippen molar-refractivity contribution in [2.24, 2.45) is 0 Å². The minimum Gasteiger partial charge on any atom is -0.323 e. The summed E-state index contributed by atoms with van der Waals surface area (Å²) in [6.07, 6.45) is 2.89. The topological polar surface area (TPSA) is 85.1 Å². The largest absolute Gasteiger partial charge is 0.323 e. The van der Waals surface area contributed by atoms with Gasteiger partial charge in [-0.1, -0.05) is 18.2 Å². The van der Waals surface area contributed by atoms with E-state index in [1.165, 1.54) is 23.8 Å². The van der Waals surface area contributed by atoms with Gasteiger partial charge in [-0.15, -0.1) is 11.3 Å². The molecule has 0 bridgehead atoms. The Morgan fingerprint density at radius 2 is 1.90 bits per heavy atom. The number of nitro benzene ring substituents is 1. The van der Waals surface area contributed by atoms with Crippen LogP contribution in [0.3, 0.4) is 0 Å². The monoisotopic (exact) mass is 415 g/mol. The lowest BCUT2D eigenvalue weighted by atomic mass is 10.2. The average molecular weight is 415 g/mol. The minimum atomic E-state index is -0.467. The number of hydrogen-bond donors (Lipinski definition) is 1. The lowest BCUT2D eigenvalue weighted by Crippen LogP contribution is -2.07. The number of aromatic nitrogens is 1. The highest BCUT2D eigenvalue weighted by Crippen LogP contribution is 2.31. The number of benzene rings is 3. The molecule has 0 atom stereocenters. The number of aryl methyl sites for hydroxylation is 1. The van der Waals surface area contributed by atoms with E-state index in [9.17, 15) is 14.9 Å². The van der Waals surface area contributed by atoms with Crippen molar-refractivity contribution in [1.82, 2.24) is 4.98 Å². The van der Waals surface area contributed by atoms with Crippen molar-refractivity contribution < 1.29 is 9.72 Å². The molecule has 1 N–H and O–H groups in total. The Morgan fingerprint density at radius 3 is 2.67 bits per heavy atom. The Bertz CT molecular complexity index is 1280. The predicted molar refractivity (Wildman–Crippen MR) is 121 cm³/mol. The second-order valence-corrected chi connectivity index (χ2v) is 7.77. The average Bonchev–Trinajstić information content (AvgIpc) is 3.16. The molecule has 6 nitrogen and oxygen atoms in total. The fourth-order valence-corrected chi connectivity index (χ4v) is 4.02. The normalized spacial score (nSPS) is 11.1. The third-order valence-electron chi connectivity index (χ3n) is 4.45. The third kappa shape index (κ3) is 4.42. The highest BCUT2D eigenvalue weighted by Gasteiger charge is 2.07. The van der Waals surface area contributed by atoms with Crippen molar-refractivity contribution in [1.29, 1.82) is 0 Å². The zero-order valence-corrected chi connectivity index (χ0v) is 16.8. The maximum atomic E-state index is 12.2. The van der Waals surface area contributed by atoms with Gasteiger partial charge >= 0.3 is 0 Å². The zero-order valence-electron chi connectivity index (χ0n) is 16.0. The number of carbonyl (C=O) groups is 1. The molecule has 148 valence electrons. The van der Waals surface area contributed by atoms with Gasteiger partial charge in [-0.3, -0.25) is 14.9 Å². The lowest BCUT2D eigenvalue weighted by molar-refractivity contribution is -0.384. The van der Waals surface area contributed by atoms with Crippen LogP contribution in [0.5, 0.6) is 0 Å². The number of nitrogens with zero attached hydrogens (tertiary/aromatic N) is 2. The molecule has 0 aliphatic heterocycles. The van der Waals surface area contributed by atoms with Crippen molar-refractivity contribution in [2.45, 2.75) is 6.92 Å². The number of rotatable bonds is 5. The Morgan fingerprint density at radius 1 is 1.10 bits per heavy atom. The molecule has 1 amide bonds. The van der Waals surface area contributed by atoms with Crippen molar-refractivity contribution >= 4 is 44.9 Å². The summed E-state index contributed by atoms with van der Waals surface area (Å²) in [5.74, 6) is -0.315. The number of anilines is 1. The number of carbonyl (C=O) groups excluding carboxylic acids is 1. The van der Waals surface area contributed by atoms with Gasteiger partial charge in [0.15, 0.2) is 0 Å². The van der Waals surface area contributed by atoms with E-state index >= 15 is 0 Å². The molecule has 3 aromatic carbocycles. The van der Waals surface area contributed by atoms with Gasteiger partial charge in [0.25, 0.3) is 5.69 Å². The summed E-state index contributed by atoms with van der Waals surface area (Å²) < 4.78 is 1.15. The smallest absolute Gasteiger partial charge is 0.270 e. The number of fused-ring (bicyclic) bond motifs is 1. The first-order valence-electron chi connectivity index (χ1n) is 9.19. The van der Waals surface area contributed by atoms with E-state index in [4.69, 9.17) is 0 Å². The number of nitrogens with one attached hydrogen (secondary N) is 1. The van der Waals surface area contributed by atoms with Gasteiger partial charge in [0.05, 0.1) is 15.1 Å². The summed E-state index contributed by atoms with van der Waals surface area (Å²) in [5.41, 5.74) is 4.39. The van der Waals surface area contributed by atoms with Crippen LogP contribution in [-0.4, -0.2) is 15.8 Å². The van der Waals surface area contributed by atoms with Gasteiger partial charge in [0.2, 0.25) is 5.91 Å². The molecule has 1 aromatic heterocycles. The van der Waals surface area contributed by atoms with Gasteiger partial charge < -0.3 is 5.32 Å². The molecule has 0 spiro atoms. The summed E-state index contributed by atoms with van der Waals surface area (Å²) in [4.78, 5) is 27.2. The summed E-state index contributed by atoms with van der Waals surface area (Å²) in [7, 11) is 0. The van der Waals surface area contributed by atoms with Crippen LogP contribution in [0.15, 0.2) is 72.8 Å². The molecule has 0 aliphatic carbocycles. The Hall–Kier alpha value is -3.84. The van der Waals surface area contributed by atoms with E-state index in [1.54, 1.807) is 29.5 Å². The lowest BCUT2D eigenvalue weighted by Gasteiger charge is -2.03. The molecule has 0 radical (unpaired) electrons. The number of non-ortho nitro benzene ring substituents is 1. The number of thiazole rings is 1. The second-order valence-electron chi connectivity index (χ2n) is 6.74. The molecule has 4 aromatic rings. The number of hydrogen-bond acceptors (Lipinski definition) is 5. The van der Waals surface area contributed by atoms with Crippen LogP contribution >= 0.6 is 11.3 Å². The molecular formula is C23H17N3O3S. The molecule has 0 aliphatic rings. The molecule has 1 heterocycles. The minimum absolute atomic E-state index is 0.0156. The van der Waals surface area contributed by atoms with Gasteiger partial charge in [0, 0.05) is 29.5 Å². The molecule has 7 heteroatoms. The van der Waals surface area contributed by atoms with Gasteiger partial charge in [-0.25, -0.2) is 4.98 Å². The van der Waals surface area contributed by atoms with E-state index in [-0.39, 0.29) is 11.6 Å². The fourth-order valence-electron chi connectivity index (χ4n) is 2.95.